The summed E-state index contributed by atoms with van der Waals surface area (Å²) in [5, 5.41) is 15.5. The zero-order valence-corrected chi connectivity index (χ0v) is 24.7. The summed E-state index contributed by atoms with van der Waals surface area (Å²) < 4.78 is 37.8. The molecule has 0 radical (unpaired) electrons. The number of thioether (sulfide) groups is 1. The SMILES string of the molecule is Cc1cnc(N2CC/C(=C\C3=C(C(=O)O)N4C(=O)[C@@H](NC(=O)/C(=N\OC(=O)C(F)(F)F)c5csc(N)n5)[C@H]4SC3)C2=O)c(C)n1. The molecule has 20 heteroatoms. The van der Waals surface area contributed by atoms with Crippen LogP contribution in [0.1, 0.15) is 23.5 Å². The number of aliphatic carboxylic acids is 1. The van der Waals surface area contributed by atoms with Gasteiger partial charge < -0.3 is 21.0 Å². The molecule has 2 atom stereocenters. The van der Waals surface area contributed by atoms with Crippen molar-refractivity contribution < 1.29 is 47.1 Å². The predicted molar refractivity (Wildman–Crippen MR) is 151 cm³/mol. The number of nitrogens with two attached hydrogens (primary N) is 1. The molecule has 5 heterocycles. The molecule has 15 nitrogen and oxygen atoms in total. The number of aromatic nitrogens is 3. The molecule has 0 saturated carbocycles. The van der Waals surface area contributed by atoms with Crippen LogP contribution in [0.4, 0.5) is 24.1 Å². The Labute approximate surface area is 259 Å². The van der Waals surface area contributed by atoms with Gasteiger partial charge in [0.25, 0.3) is 17.7 Å². The normalized spacial score (nSPS) is 21.2. The van der Waals surface area contributed by atoms with Gasteiger partial charge in [0, 0.05) is 23.3 Å². The van der Waals surface area contributed by atoms with Crippen molar-refractivity contribution >= 4 is 69.4 Å². The van der Waals surface area contributed by atoms with E-state index < -0.39 is 47.1 Å². The monoisotopic (exact) mass is 666 g/mol. The molecule has 4 N–H and O–H groups in total. The van der Waals surface area contributed by atoms with Gasteiger partial charge in [-0.1, -0.05) is 5.16 Å². The van der Waals surface area contributed by atoms with Gasteiger partial charge in [0.1, 0.15) is 22.8 Å². The molecule has 2 aromatic rings. The minimum Gasteiger partial charge on any atom is -0.477 e. The molecule has 5 rings (SSSR count). The highest BCUT2D eigenvalue weighted by Crippen LogP contribution is 2.41. The summed E-state index contributed by atoms with van der Waals surface area (Å²) in [4.78, 5) is 81.4. The number of hydrogen-bond acceptors (Lipinski definition) is 13. The number of carbonyl (C=O) groups excluding carboxylic acids is 4. The van der Waals surface area contributed by atoms with E-state index in [-0.39, 0.29) is 46.7 Å². The standard InChI is InChI=1S/C25H21F3N8O7S2/c1-9-6-30-17(10(2)31-9)35-4-3-11(19(35)38)5-12-7-44-21-15(20(39)36(21)16(12)22(40)41)33-18(37)14(13-8-45-24(29)32-13)34-43-23(42)25(26,27)28/h5-6,8,15,21H,3-4,7H2,1-2H3,(H2,29,32)(H,33,37)(H,40,41)/b11-5+,34-14-/t15-,21-/m1/s1. The number of rotatable bonds is 7. The van der Waals surface area contributed by atoms with Gasteiger partial charge in [-0.3, -0.25) is 29.2 Å². The molecule has 0 spiro atoms. The number of carboxylic acid groups (broad SMARTS) is 1. The summed E-state index contributed by atoms with van der Waals surface area (Å²) in [5.41, 5.74) is 5.68. The lowest BCUT2D eigenvalue weighted by Crippen LogP contribution is -2.71. The van der Waals surface area contributed by atoms with Crippen LogP contribution in [0.5, 0.6) is 0 Å². The summed E-state index contributed by atoms with van der Waals surface area (Å²) in [6, 6.07) is -1.32. The van der Waals surface area contributed by atoms with E-state index in [2.05, 4.69) is 30.3 Å². The van der Waals surface area contributed by atoms with Crippen LogP contribution in [-0.2, 0) is 28.8 Å². The van der Waals surface area contributed by atoms with E-state index in [1.807, 2.05) is 0 Å². The van der Waals surface area contributed by atoms with Crippen LogP contribution >= 0.6 is 23.1 Å². The van der Waals surface area contributed by atoms with E-state index in [1.54, 1.807) is 13.8 Å². The highest BCUT2D eigenvalue weighted by molar-refractivity contribution is 8.00. The number of oxime groups is 1. The van der Waals surface area contributed by atoms with Crippen molar-refractivity contribution in [2.45, 2.75) is 37.9 Å². The Kier molecular flexibility index (Phi) is 8.36. The second-order valence-corrected chi connectivity index (χ2v) is 11.7. The molecule has 236 valence electrons. The van der Waals surface area contributed by atoms with Crippen LogP contribution in [0.15, 0.2) is 39.7 Å². The minimum atomic E-state index is -5.41. The Balaban J connectivity index is 1.36. The Hall–Kier alpha value is -4.85. The maximum absolute atomic E-state index is 13.2. The van der Waals surface area contributed by atoms with Crippen LogP contribution in [0, 0.1) is 13.8 Å². The van der Waals surface area contributed by atoms with Gasteiger partial charge in [-0.05, 0) is 31.9 Å². The Bertz CT molecular complexity index is 1740. The number of nitrogens with zero attached hydrogens (tertiary/aromatic N) is 6. The number of carbonyl (C=O) groups is 5. The van der Waals surface area contributed by atoms with Crippen molar-refractivity contribution in [2.24, 2.45) is 5.16 Å². The first kappa shape index (κ1) is 31.6. The van der Waals surface area contributed by atoms with Gasteiger partial charge in [-0.25, -0.2) is 19.6 Å². The van der Waals surface area contributed by atoms with Gasteiger partial charge in [0.15, 0.2) is 16.7 Å². The summed E-state index contributed by atoms with van der Waals surface area (Å²) in [5.74, 6) is -6.19. The summed E-state index contributed by atoms with van der Waals surface area (Å²) in [6.07, 6.45) is -2.16. The number of carboxylic acids is 1. The van der Waals surface area contributed by atoms with Crippen LogP contribution < -0.4 is 16.0 Å². The maximum Gasteiger partial charge on any atom is 0.493 e. The van der Waals surface area contributed by atoms with Gasteiger partial charge >= 0.3 is 18.1 Å². The number of amides is 3. The number of fused-ring (bicyclic) bond motifs is 1. The van der Waals surface area contributed by atoms with E-state index in [0.717, 1.165) is 28.0 Å². The Morgan fingerprint density at radius 2 is 1.98 bits per heavy atom. The van der Waals surface area contributed by atoms with Gasteiger partial charge in [0.2, 0.25) is 0 Å². The van der Waals surface area contributed by atoms with E-state index >= 15 is 0 Å². The zero-order chi connectivity index (χ0) is 32.8. The average Bonchev–Trinajstić information content (AvgIpc) is 3.55. The molecule has 45 heavy (non-hydrogen) atoms. The van der Waals surface area contributed by atoms with Crippen molar-refractivity contribution in [3.8, 4) is 0 Å². The quantitative estimate of drug-likeness (QED) is 0.124. The highest BCUT2D eigenvalue weighted by Gasteiger charge is 2.54. The van der Waals surface area contributed by atoms with E-state index in [9.17, 15) is 42.3 Å². The van der Waals surface area contributed by atoms with Crippen molar-refractivity contribution in [1.29, 1.82) is 0 Å². The lowest BCUT2D eigenvalue weighted by molar-refractivity contribution is -0.199. The van der Waals surface area contributed by atoms with Crippen LogP contribution in [0.25, 0.3) is 0 Å². The third kappa shape index (κ3) is 6.10. The molecule has 0 unspecified atom stereocenters. The fraction of sp³-hybridized carbons (Fsp3) is 0.320. The summed E-state index contributed by atoms with van der Waals surface area (Å²) in [6.45, 7) is 3.77. The second kappa shape index (κ2) is 11.9. The number of anilines is 2. The predicted octanol–water partition coefficient (Wildman–Crippen LogP) is 1.04. The van der Waals surface area contributed by atoms with Gasteiger partial charge in [0.05, 0.1) is 17.6 Å². The molecule has 2 saturated heterocycles. The first-order valence-electron chi connectivity index (χ1n) is 12.8. The number of hydrogen-bond donors (Lipinski definition) is 3. The van der Waals surface area contributed by atoms with E-state index in [0.29, 0.717) is 22.8 Å². The van der Waals surface area contributed by atoms with Crippen LogP contribution in [-0.4, -0.2) is 90.2 Å². The first-order valence-corrected chi connectivity index (χ1v) is 14.7. The van der Waals surface area contributed by atoms with Crippen LogP contribution in [0.3, 0.4) is 0 Å². The van der Waals surface area contributed by atoms with Gasteiger partial charge in [-0.2, -0.15) is 13.2 Å². The molecular formula is C25H21F3N8O7S2. The Morgan fingerprint density at radius 1 is 1.24 bits per heavy atom. The molecular weight excluding hydrogens is 645 g/mol. The molecule has 0 aliphatic carbocycles. The Morgan fingerprint density at radius 3 is 2.60 bits per heavy atom. The van der Waals surface area contributed by atoms with Gasteiger partial charge in [-0.15, -0.1) is 23.1 Å². The average molecular weight is 667 g/mol. The van der Waals surface area contributed by atoms with Crippen molar-refractivity contribution in [1.82, 2.24) is 25.2 Å². The van der Waals surface area contributed by atoms with Crippen LogP contribution in [0.2, 0.25) is 0 Å². The number of nitrogen functional groups attached to an aromatic ring is 1. The summed E-state index contributed by atoms with van der Waals surface area (Å²) in [7, 11) is 0. The number of thiazole rings is 1. The van der Waals surface area contributed by atoms with Crippen molar-refractivity contribution in [2.75, 3.05) is 22.9 Å². The number of aryl methyl sites for hydroxylation is 2. The first-order chi connectivity index (χ1) is 21.2. The smallest absolute Gasteiger partial charge is 0.477 e. The number of nitrogens with one attached hydrogen (secondary N) is 1. The lowest BCUT2D eigenvalue weighted by Gasteiger charge is -2.49. The third-order valence-electron chi connectivity index (χ3n) is 6.69. The number of allylic oxidation sites excluding steroid dienone is 1. The number of halogens is 3. The lowest BCUT2D eigenvalue weighted by atomic mass is 10.0. The zero-order valence-electron chi connectivity index (χ0n) is 23.1. The third-order valence-corrected chi connectivity index (χ3v) is 8.66. The van der Waals surface area contributed by atoms with Crippen molar-refractivity contribution in [3.05, 3.63) is 51.6 Å². The number of alkyl halides is 3. The molecule has 2 fully saturated rings. The highest BCUT2D eigenvalue weighted by atomic mass is 32.2. The molecule has 3 amide bonds. The fourth-order valence-electron chi connectivity index (χ4n) is 4.72. The minimum absolute atomic E-state index is 0.0371. The largest absolute Gasteiger partial charge is 0.493 e. The number of β-lactam (4-membered cyclic amide) rings is 1. The van der Waals surface area contributed by atoms with E-state index in [4.69, 9.17) is 5.73 Å². The second-order valence-electron chi connectivity index (χ2n) is 9.72. The molecule has 2 aromatic heterocycles. The molecule has 3 aliphatic heterocycles. The molecule has 0 bridgehead atoms. The molecule has 3 aliphatic rings. The van der Waals surface area contributed by atoms with E-state index in [1.165, 1.54) is 22.6 Å². The topological polar surface area (TPSA) is 210 Å². The van der Waals surface area contributed by atoms with Crippen molar-refractivity contribution in [3.63, 3.8) is 0 Å². The fourth-order valence-corrected chi connectivity index (χ4v) is 6.57. The molecule has 0 aromatic carbocycles. The maximum atomic E-state index is 13.2. The summed E-state index contributed by atoms with van der Waals surface area (Å²) >= 11 is 1.90.